The maximum Gasteiger partial charge on any atom is 0.339 e. The van der Waals surface area contributed by atoms with Gasteiger partial charge in [-0.05, 0) is 23.3 Å². The molecule has 0 unspecified atom stereocenters. The fraction of sp³-hybridized carbons (Fsp3) is 0.0833. The summed E-state index contributed by atoms with van der Waals surface area (Å²) < 4.78 is 5.09. The Morgan fingerprint density at radius 1 is 0.800 bits per heavy atom. The molecule has 0 aliphatic heterocycles. The lowest BCUT2D eigenvalue weighted by Crippen LogP contribution is -2.35. The summed E-state index contributed by atoms with van der Waals surface area (Å²) in [6.45, 7) is -0.590. The summed E-state index contributed by atoms with van der Waals surface area (Å²) in [5.41, 5.74) is 2.53. The third-order valence-electron chi connectivity index (χ3n) is 4.31. The zero-order valence-electron chi connectivity index (χ0n) is 16.0. The molecule has 3 rings (SSSR count). The molecule has 0 spiro atoms. The van der Waals surface area contributed by atoms with Crippen LogP contribution >= 0.6 is 0 Å². The molecule has 30 heavy (non-hydrogen) atoms. The number of hydrogen-bond acceptors (Lipinski definition) is 5. The van der Waals surface area contributed by atoms with Gasteiger partial charge in [-0.2, -0.15) is 5.26 Å². The largest absolute Gasteiger partial charge is 0.452 e. The number of benzene rings is 3. The Labute approximate surface area is 173 Å². The number of ether oxygens (including phenoxy) is 1. The minimum atomic E-state index is -0.719. The van der Waals surface area contributed by atoms with Gasteiger partial charge in [0.05, 0.1) is 23.6 Å². The van der Waals surface area contributed by atoms with E-state index in [9.17, 15) is 19.6 Å². The zero-order valence-corrected chi connectivity index (χ0v) is 16.0. The molecule has 0 heterocycles. The molecule has 0 aliphatic carbocycles. The zero-order chi connectivity index (χ0) is 21.3. The lowest BCUT2D eigenvalue weighted by atomic mass is 9.96. The van der Waals surface area contributed by atoms with Crippen molar-refractivity contribution in [1.82, 2.24) is 5.32 Å². The number of nitrogens with one attached hydrogen (secondary N) is 1. The van der Waals surface area contributed by atoms with E-state index in [1.165, 1.54) is 0 Å². The van der Waals surface area contributed by atoms with Crippen LogP contribution in [0.1, 0.15) is 21.5 Å². The molecule has 0 aliphatic rings. The maximum atomic E-state index is 12.5. The molecule has 2 amide bonds. The van der Waals surface area contributed by atoms with Gasteiger partial charge in [0.15, 0.2) is 6.61 Å². The quantitative estimate of drug-likeness (QED) is 0.643. The Bertz CT molecular complexity index is 1120. The summed E-state index contributed by atoms with van der Waals surface area (Å²) >= 11 is 0. The van der Waals surface area contributed by atoms with Crippen LogP contribution in [0.15, 0.2) is 78.9 Å². The maximum absolute atomic E-state index is 12.5. The van der Waals surface area contributed by atoms with Crippen molar-refractivity contribution in [3.63, 3.8) is 0 Å². The SMILES string of the molecule is N#Cc1ccccc1-c1ccccc1C(=O)OCC(=O)NC(=O)Cc1ccccc1. The van der Waals surface area contributed by atoms with Gasteiger partial charge in [-0.1, -0.05) is 66.7 Å². The number of carbonyl (C=O) groups excluding carboxylic acids is 3. The molecule has 0 saturated carbocycles. The Hall–Kier alpha value is -4.24. The highest BCUT2D eigenvalue weighted by atomic mass is 16.5. The van der Waals surface area contributed by atoms with Crippen molar-refractivity contribution in [1.29, 1.82) is 5.26 Å². The van der Waals surface area contributed by atoms with E-state index in [2.05, 4.69) is 11.4 Å². The predicted octanol–water partition coefficient (Wildman–Crippen LogP) is 3.27. The van der Waals surface area contributed by atoms with Gasteiger partial charge in [-0.3, -0.25) is 14.9 Å². The van der Waals surface area contributed by atoms with Crippen LogP contribution in [0.4, 0.5) is 0 Å². The first-order chi connectivity index (χ1) is 14.6. The second-order valence-corrected chi connectivity index (χ2v) is 6.41. The first kappa shape index (κ1) is 20.5. The molecular weight excluding hydrogens is 380 g/mol. The third-order valence-corrected chi connectivity index (χ3v) is 4.31. The highest BCUT2D eigenvalue weighted by Gasteiger charge is 2.17. The molecule has 148 valence electrons. The van der Waals surface area contributed by atoms with E-state index in [1.54, 1.807) is 72.8 Å². The van der Waals surface area contributed by atoms with Crippen molar-refractivity contribution in [2.75, 3.05) is 6.61 Å². The molecule has 6 heteroatoms. The van der Waals surface area contributed by atoms with E-state index in [4.69, 9.17) is 4.74 Å². The van der Waals surface area contributed by atoms with E-state index in [1.807, 2.05) is 6.07 Å². The standard InChI is InChI=1S/C24H18N2O4/c25-15-18-10-4-5-11-19(18)20-12-6-7-13-21(20)24(29)30-16-23(28)26-22(27)14-17-8-2-1-3-9-17/h1-13H,14,16H2,(H,26,27,28). The van der Waals surface area contributed by atoms with E-state index in [0.717, 1.165) is 5.56 Å². The number of amides is 2. The minimum Gasteiger partial charge on any atom is -0.452 e. The summed E-state index contributed by atoms with van der Waals surface area (Å²) in [6, 6.07) is 24.7. The number of esters is 1. The molecular formula is C24H18N2O4. The first-order valence-electron chi connectivity index (χ1n) is 9.20. The molecule has 0 radical (unpaired) electrons. The average Bonchev–Trinajstić information content (AvgIpc) is 2.78. The van der Waals surface area contributed by atoms with Crippen LogP contribution in [0.2, 0.25) is 0 Å². The van der Waals surface area contributed by atoms with Gasteiger partial charge in [0, 0.05) is 5.56 Å². The molecule has 1 N–H and O–H groups in total. The molecule has 0 bridgehead atoms. The van der Waals surface area contributed by atoms with Crippen LogP contribution in [0.25, 0.3) is 11.1 Å². The fourth-order valence-corrected chi connectivity index (χ4v) is 2.94. The topological polar surface area (TPSA) is 96.3 Å². The van der Waals surface area contributed by atoms with Gasteiger partial charge in [0.2, 0.25) is 5.91 Å². The van der Waals surface area contributed by atoms with Gasteiger partial charge in [-0.25, -0.2) is 4.79 Å². The lowest BCUT2D eigenvalue weighted by Gasteiger charge is -2.11. The van der Waals surface area contributed by atoms with E-state index >= 15 is 0 Å². The number of hydrogen-bond donors (Lipinski definition) is 1. The monoisotopic (exact) mass is 398 g/mol. The van der Waals surface area contributed by atoms with Crippen molar-refractivity contribution < 1.29 is 19.1 Å². The fourth-order valence-electron chi connectivity index (χ4n) is 2.94. The van der Waals surface area contributed by atoms with Crippen molar-refractivity contribution in [3.05, 3.63) is 95.6 Å². The highest BCUT2D eigenvalue weighted by molar-refractivity contribution is 6.00. The summed E-state index contributed by atoms with van der Waals surface area (Å²) in [5, 5.41) is 11.5. The van der Waals surface area contributed by atoms with Crippen molar-refractivity contribution >= 4 is 17.8 Å². The Balaban J connectivity index is 1.64. The van der Waals surface area contributed by atoms with Crippen LogP contribution in [-0.2, 0) is 20.7 Å². The van der Waals surface area contributed by atoms with Crippen LogP contribution in [-0.4, -0.2) is 24.4 Å². The van der Waals surface area contributed by atoms with Crippen LogP contribution < -0.4 is 5.32 Å². The number of carbonyl (C=O) groups is 3. The highest BCUT2D eigenvalue weighted by Crippen LogP contribution is 2.27. The smallest absolute Gasteiger partial charge is 0.339 e. The second kappa shape index (κ2) is 9.80. The third kappa shape index (κ3) is 5.18. The van der Waals surface area contributed by atoms with Crippen molar-refractivity contribution in [2.45, 2.75) is 6.42 Å². The summed E-state index contributed by atoms with van der Waals surface area (Å²) in [7, 11) is 0. The van der Waals surface area contributed by atoms with Crippen LogP contribution in [0, 0.1) is 11.3 Å². The Kier molecular flexibility index (Phi) is 6.70. The molecule has 3 aromatic rings. The average molecular weight is 398 g/mol. The molecule has 0 aromatic heterocycles. The van der Waals surface area contributed by atoms with Crippen LogP contribution in [0.5, 0.6) is 0 Å². The summed E-state index contributed by atoms with van der Waals surface area (Å²) in [6.07, 6.45) is 0.0499. The number of rotatable bonds is 6. The van der Waals surface area contributed by atoms with Crippen molar-refractivity contribution in [3.8, 4) is 17.2 Å². The van der Waals surface area contributed by atoms with Gasteiger partial charge < -0.3 is 4.74 Å². The molecule has 6 nitrogen and oxygen atoms in total. The minimum absolute atomic E-state index is 0.0499. The van der Waals surface area contributed by atoms with E-state index < -0.39 is 24.4 Å². The Morgan fingerprint density at radius 2 is 1.43 bits per heavy atom. The number of imide groups is 1. The van der Waals surface area contributed by atoms with Crippen molar-refractivity contribution in [2.24, 2.45) is 0 Å². The second-order valence-electron chi connectivity index (χ2n) is 6.41. The number of nitriles is 1. The molecule has 0 fully saturated rings. The molecule has 0 saturated heterocycles. The number of nitrogens with zero attached hydrogens (tertiary/aromatic N) is 1. The van der Waals surface area contributed by atoms with Gasteiger partial charge in [-0.15, -0.1) is 0 Å². The van der Waals surface area contributed by atoms with E-state index in [-0.39, 0.29) is 12.0 Å². The first-order valence-corrected chi connectivity index (χ1v) is 9.20. The van der Waals surface area contributed by atoms with Gasteiger partial charge >= 0.3 is 5.97 Å². The Morgan fingerprint density at radius 3 is 2.17 bits per heavy atom. The predicted molar refractivity (Wildman–Crippen MR) is 110 cm³/mol. The lowest BCUT2D eigenvalue weighted by molar-refractivity contribution is -0.132. The normalized spacial score (nSPS) is 9.97. The van der Waals surface area contributed by atoms with Crippen LogP contribution in [0.3, 0.4) is 0 Å². The van der Waals surface area contributed by atoms with Gasteiger partial charge in [0.1, 0.15) is 0 Å². The van der Waals surface area contributed by atoms with Gasteiger partial charge in [0.25, 0.3) is 5.91 Å². The molecule has 3 aromatic carbocycles. The van der Waals surface area contributed by atoms with E-state index in [0.29, 0.717) is 16.7 Å². The summed E-state index contributed by atoms with van der Waals surface area (Å²) in [4.78, 5) is 36.5. The molecule has 0 atom stereocenters. The summed E-state index contributed by atoms with van der Waals surface area (Å²) in [5.74, 6) is -1.91.